The predicted octanol–water partition coefficient (Wildman–Crippen LogP) is 3.33. The summed E-state index contributed by atoms with van der Waals surface area (Å²) in [7, 11) is 0. The molecule has 2 heterocycles. The second-order valence-electron chi connectivity index (χ2n) is 4.33. The Kier molecular flexibility index (Phi) is 4.40. The number of nitrogens with zero attached hydrogens (tertiary/aromatic N) is 2. The molecule has 2 aromatic rings. The van der Waals surface area contributed by atoms with Gasteiger partial charge < -0.3 is 9.73 Å². The molecule has 2 aromatic heterocycles. The number of furan rings is 1. The van der Waals surface area contributed by atoms with E-state index in [0.29, 0.717) is 16.1 Å². The molecular weight excluding hydrogens is 355 g/mol. The maximum Gasteiger partial charge on any atom is 0.408 e. The van der Waals surface area contributed by atoms with Crippen LogP contribution in [0.3, 0.4) is 0 Å². The third-order valence-corrected chi connectivity index (χ3v) is 3.42. The van der Waals surface area contributed by atoms with Crippen LogP contribution in [0.2, 0.25) is 0 Å². The van der Waals surface area contributed by atoms with Crippen molar-refractivity contribution in [1.29, 1.82) is 0 Å². The lowest BCUT2D eigenvalue weighted by molar-refractivity contribution is -0.143. The van der Waals surface area contributed by atoms with E-state index in [1.165, 1.54) is 6.26 Å². The lowest BCUT2D eigenvalue weighted by Crippen LogP contribution is -2.31. The lowest BCUT2D eigenvalue weighted by Gasteiger charge is -2.15. The first-order valence-electron chi connectivity index (χ1n) is 5.90. The fourth-order valence-electron chi connectivity index (χ4n) is 1.69. The molecule has 21 heavy (non-hydrogen) atoms. The Morgan fingerprint density at radius 2 is 2.24 bits per heavy atom. The Hall–Kier alpha value is -1.77. The largest absolute Gasteiger partial charge is 0.467 e. The molecule has 0 fully saturated rings. The van der Waals surface area contributed by atoms with Crippen molar-refractivity contribution in [3.8, 4) is 0 Å². The summed E-state index contributed by atoms with van der Waals surface area (Å²) < 4.78 is 42.5. The van der Waals surface area contributed by atoms with Gasteiger partial charge >= 0.3 is 6.18 Å². The zero-order chi connectivity index (χ0) is 15.6. The normalized spacial score (nSPS) is 13.2. The summed E-state index contributed by atoms with van der Waals surface area (Å²) in [5.74, 6) is 0.626. The molecule has 0 aliphatic heterocycles. The highest BCUT2D eigenvalue weighted by molar-refractivity contribution is 9.10. The van der Waals surface area contributed by atoms with Gasteiger partial charge in [0, 0.05) is 0 Å². The number of aromatic nitrogens is 2. The summed E-state index contributed by atoms with van der Waals surface area (Å²) in [6, 6.07) is 3.18. The van der Waals surface area contributed by atoms with Gasteiger partial charge in [0.05, 0.1) is 24.2 Å². The molecule has 1 N–H and O–H groups in total. The highest BCUT2D eigenvalue weighted by Crippen LogP contribution is 2.24. The van der Waals surface area contributed by atoms with Crippen LogP contribution >= 0.6 is 15.9 Å². The minimum absolute atomic E-state index is 0.0137. The fraction of sp³-hybridized carbons (Fsp3) is 0.333. The summed E-state index contributed by atoms with van der Waals surface area (Å²) in [5.41, 5.74) is -0.564. The van der Waals surface area contributed by atoms with Gasteiger partial charge in [0.25, 0.3) is 5.56 Å². The van der Waals surface area contributed by atoms with E-state index in [4.69, 9.17) is 4.42 Å². The smallest absolute Gasteiger partial charge is 0.408 e. The number of nitrogens with one attached hydrogen (secondary N) is 1. The summed E-state index contributed by atoms with van der Waals surface area (Å²) >= 11 is 3.00. The third-order valence-electron chi connectivity index (χ3n) is 2.66. The summed E-state index contributed by atoms with van der Waals surface area (Å²) in [6.07, 6.45) is -1.84. The first-order chi connectivity index (χ1) is 9.78. The molecule has 9 heteroatoms. The van der Waals surface area contributed by atoms with Crippen LogP contribution in [-0.2, 0) is 6.54 Å². The standard InChI is InChI=1S/C12H11BrF3N3O2/c1-7(9-3-2-4-21-9)18-8-5-17-19(6-12(14,15)16)11(20)10(8)13/h2-5,7,18H,6H2,1H3. The SMILES string of the molecule is CC(Nc1cnn(CC(F)(F)F)c(=O)c1Br)c1ccco1. The van der Waals surface area contributed by atoms with Gasteiger partial charge in [-0.3, -0.25) is 4.79 Å². The van der Waals surface area contributed by atoms with Gasteiger partial charge in [0.2, 0.25) is 0 Å². The van der Waals surface area contributed by atoms with E-state index >= 15 is 0 Å². The minimum atomic E-state index is -4.51. The van der Waals surface area contributed by atoms with Crippen LogP contribution < -0.4 is 10.9 Å². The summed E-state index contributed by atoms with van der Waals surface area (Å²) in [5, 5.41) is 6.47. The van der Waals surface area contributed by atoms with Gasteiger partial charge in [0.1, 0.15) is 16.8 Å². The number of hydrogen-bond donors (Lipinski definition) is 1. The zero-order valence-electron chi connectivity index (χ0n) is 10.8. The van der Waals surface area contributed by atoms with E-state index in [-0.39, 0.29) is 10.5 Å². The Labute approximate surface area is 125 Å². The fourth-order valence-corrected chi connectivity index (χ4v) is 2.11. The van der Waals surface area contributed by atoms with Crippen LogP contribution in [0.4, 0.5) is 18.9 Å². The monoisotopic (exact) mass is 365 g/mol. The molecule has 0 amide bonds. The predicted molar refractivity (Wildman–Crippen MR) is 73.0 cm³/mol. The third kappa shape index (κ3) is 3.87. The summed E-state index contributed by atoms with van der Waals surface area (Å²) in [4.78, 5) is 11.8. The molecule has 1 unspecified atom stereocenters. The van der Waals surface area contributed by atoms with Crippen LogP contribution in [0, 0.1) is 0 Å². The van der Waals surface area contributed by atoms with E-state index in [2.05, 4.69) is 26.3 Å². The average Bonchev–Trinajstić information content (AvgIpc) is 2.91. The molecule has 0 saturated heterocycles. The molecule has 0 saturated carbocycles. The topological polar surface area (TPSA) is 60.1 Å². The molecule has 0 aromatic carbocycles. The van der Waals surface area contributed by atoms with Gasteiger partial charge in [0.15, 0.2) is 0 Å². The minimum Gasteiger partial charge on any atom is -0.467 e. The van der Waals surface area contributed by atoms with Crippen LogP contribution in [-0.4, -0.2) is 16.0 Å². The van der Waals surface area contributed by atoms with Crippen LogP contribution in [0.15, 0.2) is 38.3 Å². The molecule has 114 valence electrons. The summed E-state index contributed by atoms with van der Waals surface area (Å²) in [6.45, 7) is 0.352. The van der Waals surface area contributed by atoms with Crippen LogP contribution in [0.25, 0.3) is 0 Å². The Morgan fingerprint density at radius 1 is 1.52 bits per heavy atom. The number of alkyl halides is 3. The quantitative estimate of drug-likeness (QED) is 0.902. The van der Waals surface area contributed by atoms with E-state index in [9.17, 15) is 18.0 Å². The Morgan fingerprint density at radius 3 is 2.81 bits per heavy atom. The van der Waals surface area contributed by atoms with E-state index in [1.807, 2.05) is 0 Å². The first kappa shape index (κ1) is 15.6. The number of halogens is 4. The van der Waals surface area contributed by atoms with Gasteiger partial charge in [-0.05, 0) is 35.0 Å². The number of rotatable bonds is 4. The highest BCUT2D eigenvalue weighted by Gasteiger charge is 2.29. The van der Waals surface area contributed by atoms with Crippen molar-refractivity contribution in [2.24, 2.45) is 0 Å². The highest BCUT2D eigenvalue weighted by atomic mass is 79.9. The first-order valence-corrected chi connectivity index (χ1v) is 6.69. The van der Waals surface area contributed by atoms with Crippen LogP contribution in [0.5, 0.6) is 0 Å². The van der Waals surface area contributed by atoms with E-state index in [1.54, 1.807) is 19.1 Å². The number of hydrogen-bond acceptors (Lipinski definition) is 4. The lowest BCUT2D eigenvalue weighted by atomic mass is 10.2. The van der Waals surface area contributed by atoms with Gasteiger partial charge in [-0.15, -0.1) is 0 Å². The van der Waals surface area contributed by atoms with Crippen molar-refractivity contribution in [2.75, 3.05) is 5.32 Å². The van der Waals surface area contributed by atoms with E-state index < -0.39 is 18.3 Å². The van der Waals surface area contributed by atoms with Crippen molar-refractivity contribution < 1.29 is 17.6 Å². The Balaban J connectivity index is 2.23. The molecule has 0 spiro atoms. The maximum absolute atomic E-state index is 12.3. The molecule has 1 atom stereocenters. The van der Waals surface area contributed by atoms with Crippen molar-refractivity contribution in [3.63, 3.8) is 0 Å². The maximum atomic E-state index is 12.3. The van der Waals surface area contributed by atoms with Gasteiger partial charge in [-0.25, -0.2) is 4.68 Å². The van der Waals surface area contributed by atoms with Crippen molar-refractivity contribution in [1.82, 2.24) is 9.78 Å². The zero-order valence-corrected chi connectivity index (χ0v) is 12.4. The molecule has 2 rings (SSSR count). The molecule has 0 aliphatic rings. The van der Waals surface area contributed by atoms with Crippen molar-refractivity contribution >= 4 is 21.6 Å². The molecule has 0 aliphatic carbocycles. The molecule has 0 bridgehead atoms. The number of anilines is 1. The van der Waals surface area contributed by atoms with E-state index in [0.717, 1.165) is 6.20 Å². The van der Waals surface area contributed by atoms with Crippen molar-refractivity contribution in [3.05, 3.63) is 45.2 Å². The molecule has 5 nitrogen and oxygen atoms in total. The van der Waals surface area contributed by atoms with Crippen LogP contribution in [0.1, 0.15) is 18.7 Å². The van der Waals surface area contributed by atoms with Gasteiger partial charge in [-0.2, -0.15) is 18.3 Å². The second kappa shape index (κ2) is 5.92. The van der Waals surface area contributed by atoms with Gasteiger partial charge in [-0.1, -0.05) is 0 Å². The van der Waals surface area contributed by atoms with Crippen molar-refractivity contribution in [2.45, 2.75) is 25.7 Å². The Bertz CT molecular complexity index is 667. The average molecular weight is 366 g/mol. The second-order valence-corrected chi connectivity index (χ2v) is 5.12. The molecule has 0 radical (unpaired) electrons. The molecular formula is C12H11BrF3N3O2.